The van der Waals surface area contributed by atoms with Gasteiger partial charge in [-0.2, -0.15) is 0 Å². The van der Waals surface area contributed by atoms with Crippen LogP contribution in [0.15, 0.2) is 45.6 Å². The molecule has 0 amide bonds. The minimum atomic E-state index is -0.259. The summed E-state index contributed by atoms with van der Waals surface area (Å²) in [4.78, 5) is 8.21. The normalized spacial score (nSPS) is 11.4. The molecule has 0 N–H and O–H groups in total. The van der Waals surface area contributed by atoms with Crippen LogP contribution in [0.1, 0.15) is 56.5 Å². The number of para-hydroxylation sites is 1. The van der Waals surface area contributed by atoms with Gasteiger partial charge in [-0.25, -0.2) is 14.4 Å². The average molecular weight is 354 g/mol. The van der Waals surface area contributed by atoms with Gasteiger partial charge in [0, 0.05) is 18.6 Å². The van der Waals surface area contributed by atoms with Gasteiger partial charge in [-0.05, 0) is 29.5 Å². The Hall–Kier alpha value is -2.69. The lowest BCUT2D eigenvalue weighted by molar-refractivity contribution is 0.555. The summed E-state index contributed by atoms with van der Waals surface area (Å²) in [5.41, 5.74) is 5.28. The first-order valence-corrected chi connectivity index (χ1v) is 8.75. The predicted molar refractivity (Wildman–Crippen MR) is 101 cm³/mol. The molecule has 5 heteroatoms. The van der Waals surface area contributed by atoms with E-state index in [2.05, 4.69) is 29.9 Å². The van der Waals surface area contributed by atoms with Gasteiger partial charge >= 0.3 is 0 Å². The van der Waals surface area contributed by atoms with Crippen LogP contribution in [0.25, 0.3) is 22.2 Å². The molecule has 2 aromatic heterocycles. The van der Waals surface area contributed by atoms with Crippen LogP contribution in [0, 0.1) is 12.7 Å². The van der Waals surface area contributed by atoms with Crippen molar-refractivity contribution in [3.05, 3.63) is 59.6 Å². The van der Waals surface area contributed by atoms with E-state index in [-0.39, 0.29) is 11.7 Å². The van der Waals surface area contributed by atoms with Crippen molar-refractivity contribution in [3.63, 3.8) is 0 Å². The van der Waals surface area contributed by atoms with Gasteiger partial charge in [0.05, 0.1) is 0 Å². The molecule has 2 heterocycles. The van der Waals surface area contributed by atoms with E-state index in [9.17, 15) is 4.39 Å². The van der Waals surface area contributed by atoms with Crippen LogP contribution in [0.5, 0.6) is 0 Å². The third-order valence-electron chi connectivity index (χ3n) is 4.22. The minimum Gasteiger partial charge on any atom is -0.443 e. The Morgan fingerprint density at radius 3 is 2.35 bits per heavy atom. The quantitative estimate of drug-likeness (QED) is 0.421. The molecule has 0 saturated heterocycles. The maximum absolute atomic E-state index is 13.1. The summed E-state index contributed by atoms with van der Waals surface area (Å²) in [6.45, 7) is 10.2. The van der Waals surface area contributed by atoms with Gasteiger partial charge in [0.1, 0.15) is 16.9 Å². The fraction of sp³-hybridized carbons (Fsp3) is 0.333. The molecule has 0 spiro atoms. The molecular weight excluding hydrogens is 331 g/mol. The maximum atomic E-state index is 13.1. The first kappa shape index (κ1) is 18.1. The van der Waals surface area contributed by atoms with Crippen molar-refractivity contribution in [2.75, 3.05) is 0 Å². The van der Waals surface area contributed by atoms with E-state index in [4.69, 9.17) is 8.83 Å². The highest BCUT2D eigenvalue weighted by Gasteiger charge is 2.11. The molecule has 0 bridgehead atoms. The lowest BCUT2D eigenvalue weighted by Gasteiger charge is -2.04. The molecule has 26 heavy (non-hydrogen) atoms. The molecule has 0 radical (unpaired) electrons. The van der Waals surface area contributed by atoms with Gasteiger partial charge in [-0.3, -0.25) is 0 Å². The Bertz CT molecular complexity index is 1030. The molecular formula is C21H23FN2O2. The zero-order valence-electron chi connectivity index (χ0n) is 15.7. The summed E-state index contributed by atoms with van der Waals surface area (Å²) in [6, 6.07) is 8.98. The summed E-state index contributed by atoms with van der Waals surface area (Å²) in [5, 5.41) is 0. The summed E-state index contributed by atoms with van der Waals surface area (Å²) in [5.74, 6) is 1.20. The Balaban J connectivity index is 0.000000151. The number of benzene rings is 2. The van der Waals surface area contributed by atoms with E-state index in [1.807, 2.05) is 32.9 Å². The first-order valence-electron chi connectivity index (χ1n) is 8.75. The predicted octanol–water partition coefficient (Wildman–Crippen LogP) is 6.35. The van der Waals surface area contributed by atoms with Gasteiger partial charge in [0.25, 0.3) is 0 Å². The van der Waals surface area contributed by atoms with Crippen LogP contribution in [-0.2, 0) is 0 Å². The van der Waals surface area contributed by atoms with Crippen molar-refractivity contribution in [1.29, 1.82) is 0 Å². The van der Waals surface area contributed by atoms with Gasteiger partial charge in [-0.15, -0.1) is 0 Å². The van der Waals surface area contributed by atoms with Crippen molar-refractivity contribution < 1.29 is 13.2 Å². The standard InChI is InChI=1S/C11H13NO.C10H10FNO/c1-7(2)9-5-4-6-10-11(9)13-8(3)12-10;1-6(2)8-3-7(11)4-9-10(8)13-5-12-9/h4-7H,1-3H3;3-6H,1-2H3. The van der Waals surface area contributed by atoms with Gasteiger partial charge in [0.15, 0.2) is 23.5 Å². The molecule has 4 rings (SSSR count). The second kappa shape index (κ2) is 7.28. The molecule has 0 fully saturated rings. The largest absolute Gasteiger partial charge is 0.443 e. The maximum Gasteiger partial charge on any atom is 0.192 e. The SMILES string of the molecule is CC(C)c1cc(F)cc2ncoc12.Cc1nc2cccc(C(C)C)c2o1. The zero-order valence-corrected chi connectivity index (χ0v) is 15.7. The van der Waals surface area contributed by atoms with Gasteiger partial charge < -0.3 is 8.83 Å². The first-order chi connectivity index (χ1) is 12.4. The van der Waals surface area contributed by atoms with Crippen LogP contribution in [0.4, 0.5) is 4.39 Å². The Labute approximate surface area is 152 Å². The number of aromatic nitrogens is 2. The molecule has 0 aliphatic heterocycles. The van der Waals surface area contributed by atoms with E-state index >= 15 is 0 Å². The van der Waals surface area contributed by atoms with Crippen LogP contribution >= 0.6 is 0 Å². The highest BCUT2D eigenvalue weighted by molar-refractivity contribution is 5.77. The molecule has 0 saturated carbocycles. The highest BCUT2D eigenvalue weighted by Crippen LogP contribution is 2.26. The van der Waals surface area contributed by atoms with Crippen molar-refractivity contribution in [1.82, 2.24) is 9.97 Å². The van der Waals surface area contributed by atoms with Crippen molar-refractivity contribution in [2.24, 2.45) is 0 Å². The summed E-state index contributed by atoms with van der Waals surface area (Å²) >= 11 is 0. The van der Waals surface area contributed by atoms with Crippen LogP contribution in [0.3, 0.4) is 0 Å². The van der Waals surface area contributed by atoms with Gasteiger partial charge in [0.2, 0.25) is 0 Å². The third-order valence-corrected chi connectivity index (χ3v) is 4.22. The molecule has 0 aliphatic rings. The smallest absolute Gasteiger partial charge is 0.192 e. The summed E-state index contributed by atoms with van der Waals surface area (Å²) in [6.07, 6.45) is 1.34. The second-order valence-corrected chi connectivity index (χ2v) is 6.93. The Morgan fingerprint density at radius 1 is 0.923 bits per heavy atom. The topological polar surface area (TPSA) is 52.1 Å². The van der Waals surface area contributed by atoms with Crippen molar-refractivity contribution in [2.45, 2.75) is 46.5 Å². The summed E-state index contributed by atoms with van der Waals surface area (Å²) in [7, 11) is 0. The molecule has 4 nitrogen and oxygen atoms in total. The van der Waals surface area contributed by atoms with E-state index in [0.29, 0.717) is 17.0 Å². The molecule has 0 aliphatic carbocycles. The number of halogens is 1. The fourth-order valence-electron chi connectivity index (χ4n) is 2.93. The van der Waals surface area contributed by atoms with Crippen LogP contribution in [0.2, 0.25) is 0 Å². The minimum absolute atomic E-state index is 0.242. The lowest BCUT2D eigenvalue weighted by Crippen LogP contribution is -1.89. The highest BCUT2D eigenvalue weighted by atomic mass is 19.1. The lowest BCUT2D eigenvalue weighted by atomic mass is 10.0. The Morgan fingerprint density at radius 2 is 1.65 bits per heavy atom. The second-order valence-electron chi connectivity index (χ2n) is 6.93. The van der Waals surface area contributed by atoms with Crippen LogP contribution in [-0.4, -0.2) is 9.97 Å². The number of aryl methyl sites for hydroxylation is 1. The van der Waals surface area contributed by atoms with E-state index in [1.165, 1.54) is 24.1 Å². The zero-order chi connectivity index (χ0) is 18.8. The monoisotopic (exact) mass is 354 g/mol. The molecule has 0 unspecified atom stereocenters. The Kier molecular flexibility index (Phi) is 5.07. The van der Waals surface area contributed by atoms with Crippen molar-refractivity contribution in [3.8, 4) is 0 Å². The third kappa shape index (κ3) is 3.62. The van der Waals surface area contributed by atoms with E-state index in [0.717, 1.165) is 22.6 Å². The van der Waals surface area contributed by atoms with Crippen LogP contribution < -0.4 is 0 Å². The number of fused-ring (bicyclic) bond motifs is 2. The fourth-order valence-corrected chi connectivity index (χ4v) is 2.93. The van der Waals surface area contributed by atoms with E-state index < -0.39 is 0 Å². The number of nitrogens with zero attached hydrogens (tertiary/aromatic N) is 2. The molecule has 4 aromatic rings. The summed E-state index contributed by atoms with van der Waals surface area (Å²) < 4.78 is 23.8. The number of hydrogen-bond donors (Lipinski definition) is 0. The average Bonchev–Trinajstić information content (AvgIpc) is 3.18. The number of hydrogen-bond acceptors (Lipinski definition) is 4. The molecule has 2 aromatic carbocycles. The molecule has 136 valence electrons. The van der Waals surface area contributed by atoms with Crippen molar-refractivity contribution >= 4 is 22.2 Å². The van der Waals surface area contributed by atoms with Gasteiger partial charge in [-0.1, -0.05) is 39.8 Å². The molecule has 0 atom stereocenters. The number of rotatable bonds is 2. The van der Waals surface area contributed by atoms with E-state index in [1.54, 1.807) is 0 Å². The number of oxazole rings is 2.